The fraction of sp³-hybridized carbons (Fsp3) is 0.130. The van der Waals surface area contributed by atoms with E-state index in [0.29, 0.717) is 29.4 Å². The van der Waals surface area contributed by atoms with Gasteiger partial charge in [-0.25, -0.2) is 4.79 Å². The molecule has 142 valence electrons. The summed E-state index contributed by atoms with van der Waals surface area (Å²) in [5.74, 6) is 0.0345. The van der Waals surface area contributed by atoms with E-state index in [-0.39, 0.29) is 11.8 Å². The van der Waals surface area contributed by atoms with Gasteiger partial charge in [0.05, 0.1) is 12.2 Å². The van der Waals surface area contributed by atoms with Crippen LogP contribution in [0, 0.1) is 0 Å². The van der Waals surface area contributed by atoms with Crippen LogP contribution in [0.3, 0.4) is 0 Å². The Bertz CT molecular complexity index is 973. The standard InChI is InChI=1S/C23H20O4S/c1-2-26-23(25)22-15-13-18(28-22)12-14-20(24)19-10-6-7-11-21(19)27-16-17-8-4-3-5-9-17/h3-15H,2,16H2,1H3/b14-12+. The highest BCUT2D eigenvalue weighted by atomic mass is 32.1. The molecule has 28 heavy (non-hydrogen) atoms. The second-order valence-electron chi connectivity index (χ2n) is 5.89. The number of ether oxygens (including phenoxy) is 2. The highest BCUT2D eigenvalue weighted by Gasteiger charge is 2.11. The van der Waals surface area contributed by atoms with Crippen molar-refractivity contribution in [2.45, 2.75) is 13.5 Å². The monoisotopic (exact) mass is 392 g/mol. The van der Waals surface area contributed by atoms with Crippen molar-refractivity contribution in [1.82, 2.24) is 0 Å². The zero-order chi connectivity index (χ0) is 19.8. The molecule has 0 spiro atoms. The van der Waals surface area contributed by atoms with Crippen LogP contribution in [-0.4, -0.2) is 18.4 Å². The fourth-order valence-corrected chi connectivity index (χ4v) is 3.34. The van der Waals surface area contributed by atoms with Crippen LogP contribution in [0.15, 0.2) is 72.8 Å². The third kappa shape index (κ3) is 5.18. The number of ketones is 1. The summed E-state index contributed by atoms with van der Waals surface area (Å²) in [4.78, 5) is 25.7. The Kier molecular flexibility index (Phi) is 6.76. The molecule has 5 heteroatoms. The normalized spacial score (nSPS) is 10.8. The van der Waals surface area contributed by atoms with Gasteiger partial charge in [-0.15, -0.1) is 11.3 Å². The summed E-state index contributed by atoms with van der Waals surface area (Å²) in [6.07, 6.45) is 3.19. The minimum atomic E-state index is -0.349. The van der Waals surface area contributed by atoms with Crippen molar-refractivity contribution in [3.63, 3.8) is 0 Å². The average Bonchev–Trinajstić information content (AvgIpc) is 3.21. The first kappa shape index (κ1) is 19.6. The van der Waals surface area contributed by atoms with Crippen molar-refractivity contribution in [2.24, 2.45) is 0 Å². The maximum atomic E-state index is 12.6. The van der Waals surface area contributed by atoms with Crippen LogP contribution in [0.2, 0.25) is 0 Å². The maximum absolute atomic E-state index is 12.6. The molecule has 0 unspecified atom stereocenters. The molecule has 1 aromatic heterocycles. The van der Waals surface area contributed by atoms with Crippen molar-refractivity contribution in [3.8, 4) is 5.75 Å². The van der Waals surface area contributed by atoms with Crippen molar-refractivity contribution in [1.29, 1.82) is 0 Å². The lowest BCUT2D eigenvalue weighted by Crippen LogP contribution is -2.02. The molecule has 0 N–H and O–H groups in total. The van der Waals surface area contributed by atoms with Gasteiger partial charge in [0.25, 0.3) is 0 Å². The summed E-state index contributed by atoms with van der Waals surface area (Å²) in [5.41, 5.74) is 1.53. The zero-order valence-electron chi connectivity index (χ0n) is 15.5. The smallest absolute Gasteiger partial charge is 0.348 e. The molecule has 1 heterocycles. The SMILES string of the molecule is CCOC(=O)c1ccc(/C=C/C(=O)c2ccccc2OCc2ccccc2)s1. The van der Waals surface area contributed by atoms with E-state index in [1.54, 1.807) is 43.3 Å². The largest absolute Gasteiger partial charge is 0.488 e. The predicted molar refractivity (Wildman–Crippen MR) is 111 cm³/mol. The van der Waals surface area contributed by atoms with E-state index >= 15 is 0 Å². The molecule has 3 rings (SSSR count). The number of para-hydroxylation sites is 1. The molecular formula is C23H20O4S. The van der Waals surface area contributed by atoms with Gasteiger partial charge in [-0.1, -0.05) is 42.5 Å². The van der Waals surface area contributed by atoms with E-state index < -0.39 is 0 Å². The Labute approximate surface area is 168 Å². The van der Waals surface area contributed by atoms with Crippen LogP contribution >= 0.6 is 11.3 Å². The van der Waals surface area contributed by atoms with Crippen molar-refractivity contribution < 1.29 is 19.1 Å². The molecular weight excluding hydrogens is 372 g/mol. The van der Waals surface area contributed by atoms with Gasteiger partial charge in [-0.3, -0.25) is 4.79 Å². The van der Waals surface area contributed by atoms with Gasteiger partial charge in [0, 0.05) is 4.88 Å². The number of allylic oxidation sites excluding steroid dienone is 1. The van der Waals surface area contributed by atoms with Gasteiger partial charge in [0.1, 0.15) is 17.2 Å². The molecule has 0 aliphatic rings. The van der Waals surface area contributed by atoms with Gasteiger partial charge in [0.15, 0.2) is 5.78 Å². The van der Waals surface area contributed by atoms with Gasteiger partial charge in [0.2, 0.25) is 0 Å². The second kappa shape index (κ2) is 9.67. The maximum Gasteiger partial charge on any atom is 0.348 e. The lowest BCUT2D eigenvalue weighted by Gasteiger charge is -2.09. The molecule has 0 bridgehead atoms. The van der Waals surface area contributed by atoms with Crippen LogP contribution in [-0.2, 0) is 11.3 Å². The van der Waals surface area contributed by atoms with Crippen LogP contribution < -0.4 is 4.74 Å². The van der Waals surface area contributed by atoms with Gasteiger partial charge >= 0.3 is 5.97 Å². The highest BCUT2D eigenvalue weighted by molar-refractivity contribution is 7.14. The van der Waals surface area contributed by atoms with Gasteiger partial charge in [-0.2, -0.15) is 0 Å². The van der Waals surface area contributed by atoms with Crippen LogP contribution in [0.5, 0.6) is 5.75 Å². The van der Waals surface area contributed by atoms with Crippen molar-refractivity contribution in [2.75, 3.05) is 6.61 Å². The lowest BCUT2D eigenvalue weighted by atomic mass is 10.1. The minimum Gasteiger partial charge on any atom is -0.488 e. The summed E-state index contributed by atoms with van der Waals surface area (Å²) in [5, 5.41) is 0. The number of benzene rings is 2. The first-order valence-corrected chi connectivity index (χ1v) is 9.74. The summed E-state index contributed by atoms with van der Waals surface area (Å²) in [6.45, 7) is 2.49. The Morgan fingerprint density at radius 3 is 2.50 bits per heavy atom. The van der Waals surface area contributed by atoms with E-state index in [2.05, 4.69) is 0 Å². The summed E-state index contributed by atoms with van der Waals surface area (Å²) in [6, 6.07) is 20.5. The predicted octanol–water partition coefficient (Wildman–Crippen LogP) is 5.40. The van der Waals surface area contributed by atoms with E-state index in [0.717, 1.165) is 10.4 Å². The molecule has 0 amide bonds. The van der Waals surface area contributed by atoms with Crippen LogP contribution in [0.1, 0.15) is 37.4 Å². The van der Waals surface area contributed by atoms with Crippen LogP contribution in [0.25, 0.3) is 6.08 Å². The summed E-state index contributed by atoms with van der Waals surface area (Å²) < 4.78 is 10.8. The topological polar surface area (TPSA) is 52.6 Å². The lowest BCUT2D eigenvalue weighted by molar-refractivity contribution is 0.0532. The Balaban J connectivity index is 1.69. The average molecular weight is 392 g/mol. The molecule has 0 saturated carbocycles. The number of esters is 1. The minimum absolute atomic E-state index is 0.158. The number of carbonyl (C=O) groups is 2. The molecule has 0 saturated heterocycles. The van der Waals surface area contributed by atoms with E-state index in [9.17, 15) is 9.59 Å². The Hall–Kier alpha value is -3.18. The van der Waals surface area contributed by atoms with Crippen LogP contribution in [0.4, 0.5) is 0 Å². The fourth-order valence-electron chi connectivity index (χ4n) is 2.53. The van der Waals surface area contributed by atoms with Gasteiger partial charge < -0.3 is 9.47 Å². The third-order valence-electron chi connectivity index (χ3n) is 3.89. The third-order valence-corrected chi connectivity index (χ3v) is 4.92. The number of rotatable bonds is 8. The van der Waals surface area contributed by atoms with E-state index in [4.69, 9.17) is 9.47 Å². The summed E-state index contributed by atoms with van der Waals surface area (Å²) in [7, 11) is 0. The Morgan fingerprint density at radius 1 is 0.964 bits per heavy atom. The molecule has 0 fully saturated rings. The quantitative estimate of drug-likeness (QED) is 0.293. The number of hydrogen-bond donors (Lipinski definition) is 0. The molecule has 2 aromatic carbocycles. The van der Waals surface area contributed by atoms with Crippen molar-refractivity contribution >= 4 is 29.2 Å². The number of carbonyl (C=O) groups excluding carboxylic acids is 2. The molecule has 0 radical (unpaired) electrons. The molecule has 0 aliphatic heterocycles. The summed E-state index contributed by atoms with van der Waals surface area (Å²) >= 11 is 1.29. The Morgan fingerprint density at radius 2 is 1.71 bits per heavy atom. The molecule has 4 nitrogen and oxygen atoms in total. The number of hydrogen-bond acceptors (Lipinski definition) is 5. The molecule has 0 atom stereocenters. The van der Waals surface area contributed by atoms with E-state index in [1.165, 1.54) is 17.4 Å². The zero-order valence-corrected chi connectivity index (χ0v) is 16.3. The number of thiophene rings is 1. The van der Waals surface area contributed by atoms with E-state index in [1.807, 2.05) is 36.4 Å². The molecule has 0 aliphatic carbocycles. The second-order valence-corrected chi connectivity index (χ2v) is 7.01. The highest BCUT2D eigenvalue weighted by Crippen LogP contribution is 2.22. The first-order chi connectivity index (χ1) is 13.7. The van der Waals surface area contributed by atoms with Crippen molar-refractivity contribution in [3.05, 3.63) is 93.7 Å². The van der Waals surface area contributed by atoms with Gasteiger partial charge in [-0.05, 0) is 48.9 Å². The molecule has 3 aromatic rings. The first-order valence-electron chi connectivity index (χ1n) is 8.92.